The fourth-order valence-electron chi connectivity index (χ4n) is 2.47. The summed E-state index contributed by atoms with van der Waals surface area (Å²) in [5.74, 6) is -0.731. The molecule has 1 aliphatic rings. The minimum atomic E-state index is -0.731. The van der Waals surface area contributed by atoms with Gasteiger partial charge in [-0.3, -0.25) is 9.48 Å². The highest BCUT2D eigenvalue weighted by atomic mass is 16.4. The van der Waals surface area contributed by atoms with Crippen LogP contribution in [-0.4, -0.2) is 20.9 Å². The number of carbonyl (C=O) groups is 1. The van der Waals surface area contributed by atoms with E-state index in [2.05, 4.69) is 5.10 Å². The van der Waals surface area contributed by atoms with Crippen molar-refractivity contribution in [1.82, 2.24) is 9.78 Å². The Labute approximate surface area is 88.9 Å². The molecule has 1 saturated carbocycles. The van der Waals surface area contributed by atoms with Crippen molar-refractivity contribution in [2.45, 2.75) is 44.6 Å². The highest BCUT2D eigenvalue weighted by Gasteiger charge is 2.38. The fourth-order valence-corrected chi connectivity index (χ4v) is 2.47. The van der Waals surface area contributed by atoms with Crippen molar-refractivity contribution in [2.75, 3.05) is 0 Å². The predicted molar refractivity (Wildman–Crippen MR) is 55.7 cm³/mol. The monoisotopic (exact) mass is 208 g/mol. The van der Waals surface area contributed by atoms with Crippen LogP contribution in [0.4, 0.5) is 0 Å². The summed E-state index contributed by atoms with van der Waals surface area (Å²) in [4.78, 5) is 10.9. The SMILES string of the molecule is Cc1cnn(C2(CC(=O)O)CCCC2)c1. The van der Waals surface area contributed by atoms with Crippen LogP contribution in [0.15, 0.2) is 12.4 Å². The van der Waals surface area contributed by atoms with Gasteiger partial charge in [-0.15, -0.1) is 0 Å². The maximum absolute atomic E-state index is 10.9. The summed E-state index contributed by atoms with van der Waals surface area (Å²) < 4.78 is 1.86. The van der Waals surface area contributed by atoms with E-state index in [1.54, 1.807) is 6.20 Å². The summed E-state index contributed by atoms with van der Waals surface area (Å²) in [5.41, 5.74) is 0.826. The van der Waals surface area contributed by atoms with E-state index in [0.29, 0.717) is 0 Å². The van der Waals surface area contributed by atoms with Gasteiger partial charge in [-0.25, -0.2) is 0 Å². The van der Waals surface area contributed by atoms with Crippen molar-refractivity contribution in [1.29, 1.82) is 0 Å². The van der Waals surface area contributed by atoms with Gasteiger partial charge in [0, 0.05) is 6.20 Å². The maximum Gasteiger partial charge on any atom is 0.305 e. The van der Waals surface area contributed by atoms with Gasteiger partial charge in [-0.2, -0.15) is 5.10 Å². The standard InChI is InChI=1S/C11H16N2O2/c1-9-7-12-13(8-9)11(6-10(14)15)4-2-3-5-11/h7-8H,2-6H2,1H3,(H,14,15). The minimum absolute atomic E-state index is 0.189. The van der Waals surface area contributed by atoms with Crippen LogP contribution in [0.5, 0.6) is 0 Å². The summed E-state index contributed by atoms with van der Waals surface area (Å²) in [6.45, 7) is 1.98. The highest BCUT2D eigenvalue weighted by molar-refractivity contribution is 5.68. The number of hydrogen-bond acceptors (Lipinski definition) is 2. The van der Waals surface area contributed by atoms with E-state index in [4.69, 9.17) is 5.11 Å². The number of carboxylic acids is 1. The molecule has 0 saturated heterocycles. The first-order valence-electron chi connectivity index (χ1n) is 5.36. The van der Waals surface area contributed by atoms with Gasteiger partial charge in [0.1, 0.15) is 0 Å². The van der Waals surface area contributed by atoms with E-state index >= 15 is 0 Å². The number of carboxylic acid groups (broad SMARTS) is 1. The molecule has 1 aromatic rings. The van der Waals surface area contributed by atoms with Crippen LogP contribution in [0, 0.1) is 6.92 Å². The zero-order valence-corrected chi connectivity index (χ0v) is 8.94. The van der Waals surface area contributed by atoms with E-state index in [-0.39, 0.29) is 12.0 Å². The second kappa shape index (κ2) is 3.68. The quantitative estimate of drug-likeness (QED) is 0.825. The normalized spacial score (nSPS) is 19.3. The molecule has 4 heteroatoms. The topological polar surface area (TPSA) is 55.1 Å². The summed E-state index contributed by atoms with van der Waals surface area (Å²) in [5, 5.41) is 13.2. The van der Waals surface area contributed by atoms with Crippen LogP contribution in [0.1, 0.15) is 37.7 Å². The molecule has 0 bridgehead atoms. The Morgan fingerprint density at radius 1 is 1.60 bits per heavy atom. The van der Waals surface area contributed by atoms with Gasteiger partial charge < -0.3 is 5.11 Å². The van der Waals surface area contributed by atoms with Crippen molar-refractivity contribution in [3.05, 3.63) is 18.0 Å². The van der Waals surface area contributed by atoms with E-state index in [1.807, 2.05) is 17.8 Å². The molecule has 1 aliphatic carbocycles. The highest BCUT2D eigenvalue weighted by Crippen LogP contribution is 2.39. The van der Waals surface area contributed by atoms with Crippen LogP contribution in [-0.2, 0) is 10.3 Å². The molecule has 0 atom stereocenters. The lowest BCUT2D eigenvalue weighted by molar-refractivity contribution is -0.139. The maximum atomic E-state index is 10.9. The molecule has 0 aliphatic heterocycles. The van der Waals surface area contributed by atoms with Gasteiger partial charge in [0.15, 0.2) is 0 Å². The van der Waals surface area contributed by atoms with Crippen molar-refractivity contribution in [3.63, 3.8) is 0 Å². The lowest BCUT2D eigenvalue weighted by atomic mass is 9.93. The average Bonchev–Trinajstić information content (AvgIpc) is 2.73. The molecule has 1 N–H and O–H groups in total. The Morgan fingerprint density at radius 3 is 2.73 bits per heavy atom. The first-order chi connectivity index (χ1) is 7.12. The third-order valence-corrected chi connectivity index (χ3v) is 3.21. The lowest BCUT2D eigenvalue weighted by Gasteiger charge is -2.27. The number of aliphatic carboxylic acids is 1. The number of rotatable bonds is 3. The first-order valence-corrected chi connectivity index (χ1v) is 5.36. The molecule has 2 rings (SSSR count). The second-order valence-electron chi connectivity index (χ2n) is 4.46. The molecule has 15 heavy (non-hydrogen) atoms. The zero-order chi connectivity index (χ0) is 10.9. The molecule has 82 valence electrons. The smallest absolute Gasteiger partial charge is 0.305 e. The fraction of sp³-hybridized carbons (Fsp3) is 0.636. The van der Waals surface area contributed by atoms with Crippen LogP contribution >= 0.6 is 0 Å². The van der Waals surface area contributed by atoms with Gasteiger partial charge in [-0.05, 0) is 25.3 Å². The Bertz CT molecular complexity index is 364. The average molecular weight is 208 g/mol. The van der Waals surface area contributed by atoms with Gasteiger partial charge >= 0.3 is 5.97 Å². The molecule has 0 amide bonds. The predicted octanol–water partition coefficient (Wildman–Crippen LogP) is 1.94. The summed E-state index contributed by atoms with van der Waals surface area (Å²) >= 11 is 0. The van der Waals surface area contributed by atoms with Crippen molar-refractivity contribution >= 4 is 5.97 Å². The van der Waals surface area contributed by atoms with Crippen molar-refractivity contribution < 1.29 is 9.90 Å². The summed E-state index contributed by atoms with van der Waals surface area (Å²) in [7, 11) is 0. The molecule has 0 radical (unpaired) electrons. The molecule has 0 unspecified atom stereocenters. The number of aryl methyl sites for hydroxylation is 1. The zero-order valence-electron chi connectivity index (χ0n) is 8.94. The lowest BCUT2D eigenvalue weighted by Crippen LogP contribution is -2.33. The third kappa shape index (κ3) is 1.89. The van der Waals surface area contributed by atoms with Crippen LogP contribution in [0.25, 0.3) is 0 Å². The van der Waals surface area contributed by atoms with Gasteiger partial charge in [-0.1, -0.05) is 12.8 Å². The molecular formula is C11H16N2O2. The van der Waals surface area contributed by atoms with Crippen molar-refractivity contribution in [3.8, 4) is 0 Å². The second-order valence-corrected chi connectivity index (χ2v) is 4.46. The van der Waals surface area contributed by atoms with Gasteiger partial charge in [0.2, 0.25) is 0 Å². The Balaban J connectivity index is 2.29. The Kier molecular flexibility index (Phi) is 2.50. The molecule has 1 heterocycles. The van der Waals surface area contributed by atoms with Crippen LogP contribution in [0.2, 0.25) is 0 Å². The molecule has 1 aromatic heterocycles. The van der Waals surface area contributed by atoms with E-state index < -0.39 is 5.97 Å². The number of nitrogens with zero attached hydrogens (tertiary/aromatic N) is 2. The number of hydrogen-bond donors (Lipinski definition) is 1. The molecule has 0 aromatic carbocycles. The summed E-state index contributed by atoms with van der Waals surface area (Å²) in [6.07, 6.45) is 8.00. The molecular weight excluding hydrogens is 192 g/mol. The van der Waals surface area contributed by atoms with Gasteiger partial charge in [0.25, 0.3) is 0 Å². The van der Waals surface area contributed by atoms with E-state index in [1.165, 1.54) is 0 Å². The Morgan fingerprint density at radius 2 is 2.27 bits per heavy atom. The third-order valence-electron chi connectivity index (χ3n) is 3.21. The Hall–Kier alpha value is -1.32. The summed E-state index contributed by atoms with van der Waals surface area (Å²) in [6, 6.07) is 0. The molecule has 1 fully saturated rings. The van der Waals surface area contributed by atoms with Crippen molar-refractivity contribution in [2.24, 2.45) is 0 Å². The minimum Gasteiger partial charge on any atom is -0.481 e. The first kappa shape index (κ1) is 10.2. The van der Waals surface area contributed by atoms with Crippen LogP contribution in [0.3, 0.4) is 0 Å². The largest absolute Gasteiger partial charge is 0.481 e. The van der Waals surface area contributed by atoms with E-state index in [9.17, 15) is 4.79 Å². The molecule has 4 nitrogen and oxygen atoms in total. The van der Waals surface area contributed by atoms with Gasteiger partial charge in [0.05, 0.1) is 18.2 Å². The molecule has 0 spiro atoms. The van der Waals surface area contributed by atoms with E-state index in [0.717, 1.165) is 31.2 Å². The van der Waals surface area contributed by atoms with Crippen LogP contribution < -0.4 is 0 Å². The number of aromatic nitrogens is 2.